The van der Waals surface area contributed by atoms with Crippen molar-refractivity contribution >= 4 is 17.7 Å². The summed E-state index contributed by atoms with van der Waals surface area (Å²) in [6.45, 7) is 8.21. The molecule has 5 heteroatoms. The minimum Gasteiger partial charge on any atom is -0.294 e. The van der Waals surface area contributed by atoms with Crippen LogP contribution in [0.3, 0.4) is 0 Å². The van der Waals surface area contributed by atoms with E-state index in [2.05, 4.69) is 20.1 Å². The van der Waals surface area contributed by atoms with Crippen LogP contribution in [0.4, 0.5) is 10.5 Å². The van der Waals surface area contributed by atoms with E-state index in [1.807, 2.05) is 32.0 Å². The van der Waals surface area contributed by atoms with Crippen LogP contribution >= 0.6 is 0 Å². The zero-order valence-corrected chi connectivity index (χ0v) is 15.6. The van der Waals surface area contributed by atoms with E-state index in [1.165, 1.54) is 38.5 Å². The normalized spacial score (nSPS) is 18.0. The Bertz CT molecular complexity index is 619. The first-order valence-electron chi connectivity index (χ1n) is 9.66. The predicted octanol–water partition coefficient (Wildman–Crippen LogP) is 3.46. The smallest absolute Gasteiger partial charge is 0.294 e. The van der Waals surface area contributed by atoms with Crippen molar-refractivity contribution in [3.05, 3.63) is 29.3 Å². The van der Waals surface area contributed by atoms with E-state index in [1.54, 1.807) is 0 Å². The summed E-state index contributed by atoms with van der Waals surface area (Å²) in [7, 11) is 0. The first-order valence-corrected chi connectivity index (χ1v) is 9.66. The van der Waals surface area contributed by atoms with Crippen LogP contribution in [-0.2, 0) is 0 Å². The Morgan fingerprint density at radius 1 is 0.960 bits per heavy atom. The summed E-state index contributed by atoms with van der Waals surface area (Å²) in [6, 6.07) is 5.95. The van der Waals surface area contributed by atoms with Gasteiger partial charge in [-0.2, -0.15) is 5.32 Å². The van der Waals surface area contributed by atoms with Gasteiger partial charge in [0.25, 0.3) is 0 Å². The number of guanidine groups is 1. The number of carbonyl (C=O) groups excluding carboxylic acids is 1. The van der Waals surface area contributed by atoms with Crippen molar-refractivity contribution in [2.24, 2.45) is 0 Å². The Morgan fingerprint density at radius 2 is 1.56 bits per heavy atom. The molecule has 136 valence electrons. The fraction of sp³-hybridized carbons (Fsp3) is 0.600. The molecule has 0 aromatic heterocycles. The summed E-state index contributed by atoms with van der Waals surface area (Å²) in [5.74, 6) is 1.00. The van der Waals surface area contributed by atoms with E-state index in [9.17, 15) is 4.79 Å². The summed E-state index contributed by atoms with van der Waals surface area (Å²) in [6.07, 6.45) is 7.40. The van der Waals surface area contributed by atoms with Gasteiger partial charge < -0.3 is 0 Å². The molecule has 2 amide bonds. The Hall–Kier alpha value is -2.04. The van der Waals surface area contributed by atoms with Crippen molar-refractivity contribution in [3.8, 4) is 0 Å². The molecule has 0 bridgehead atoms. The quantitative estimate of drug-likeness (QED) is 0.606. The minimum atomic E-state index is -0.136. The van der Waals surface area contributed by atoms with Gasteiger partial charge in [-0.3, -0.25) is 14.8 Å². The Morgan fingerprint density at radius 3 is 2.20 bits per heavy atom. The number of likely N-dealkylation sites (tertiary alicyclic amines) is 1. The number of rotatable bonds is 1. The summed E-state index contributed by atoms with van der Waals surface area (Å²) < 4.78 is 2.36. The van der Waals surface area contributed by atoms with Crippen molar-refractivity contribution in [1.29, 1.82) is 0 Å². The van der Waals surface area contributed by atoms with Crippen LogP contribution in [-0.4, -0.2) is 47.6 Å². The lowest BCUT2D eigenvalue weighted by Gasteiger charge is -2.28. The topological polar surface area (TPSA) is 47.4 Å². The van der Waals surface area contributed by atoms with Crippen molar-refractivity contribution in [2.75, 3.05) is 31.5 Å². The summed E-state index contributed by atoms with van der Waals surface area (Å²) in [5.41, 5.74) is 3.09. The van der Waals surface area contributed by atoms with E-state index in [4.69, 9.17) is 0 Å². The number of carbonyl (C=O) groups is 1. The molecule has 0 radical (unpaired) electrons. The lowest BCUT2D eigenvalue weighted by molar-refractivity contribution is -0.543. The van der Waals surface area contributed by atoms with E-state index in [-0.39, 0.29) is 6.03 Å². The molecule has 0 unspecified atom stereocenters. The highest BCUT2D eigenvalue weighted by molar-refractivity contribution is 6.01. The lowest BCUT2D eigenvalue weighted by atomic mass is 10.1. The van der Waals surface area contributed by atoms with Crippen LogP contribution in [0.1, 0.15) is 49.7 Å². The number of nitrogens with zero attached hydrogens (tertiary/aromatic N) is 2. The molecule has 2 fully saturated rings. The van der Waals surface area contributed by atoms with Gasteiger partial charge in [0.2, 0.25) is 0 Å². The van der Waals surface area contributed by atoms with Gasteiger partial charge in [-0.05, 0) is 63.5 Å². The molecule has 2 saturated heterocycles. The van der Waals surface area contributed by atoms with Crippen LogP contribution in [0.5, 0.6) is 0 Å². The number of aryl methyl sites for hydroxylation is 2. The number of hydrogen-bond acceptors (Lipinski definition) is 1. The molecular formula is C20H31N4O+. The maximum Gasteiger partial charge on any atom is 0.384 e. The van der Waals surface area contributed by atoms with Crippen molar-refractivity contribution < 1.29 is 9.37 Å². The molecular weight excluding hydrogens is 312 g/mol. The second-order valence-electron chi connectivity index (χ2n) is 7.26. The summed E-state index contributed by atoms with van der Waals surface area (Å²) in [5, 5.41) is 6.24. The van der Waals surface area contributed by atoms with E-state index in [0.29, 0.717) is 0 Å². The molecule has 1 aromatic carbocycles. The average Bonchev–Trinajstić information content (AvgIpc) is 2.64. The van der Waals surface area contributed by atoms with E-state index >= 15 is 0 Å². The molecule has 0 saturated carbocycles. The van der Waals surface area contributed by atoms with Gasteiger partial charge in [0.1, 0.15) is 0 Å². The number of benzene rings is 1. The molecule has 5 nitrogen and oxygen atoms in total. The standard InChI is InChI=1S/C20H30N4O/c1-16-10-9-11-17(2)18(16)21-19(25)22-20(23-12-5-3-6-13-23)24-14-7-4-8-15-24/h9-11H,3-8,12-15H2,1-2H3,(H,21,25)/p+1. The molecule has 2 aliphatic heterocycles. The number of para-hydroxylation sites is 1. The van der Waals surface area contributed by atoms with Gasteiger partial charge in [-0.1, -0.05) is 18.2 Å². The Balaban J connectivity index is 1.76. The van der Waals surface area contributed by atoms with Gasteiger partial charge in [0, 0.05) is 5.69 Å². The van der Waals surface area contributed by atoms with Gasteiger partial charge in [0.15, 0.2) is 0 Å². The van der Waals surface area contributed by atoms with Gasteiger partial charge in [0.05, 0.1) is 26.2 Å². The number of piperidine rings is 2. The molecule has 2 aliphatic rings. The Kier molecular flexibility index (Phi) is 5.95. The van der Waals surface area contributed by atoms with Gasteiger partial charge >= 0.3 is 12.0 Å². The molecule has 2 N–H and O–H groups in total. The molecule has 0 spiro atoms. The fourth-order valence-corrected chi connectivity index (χ4v) is 3.83. The number of hydrogen-bond donors (Lipinski definition) is 2. The first-order chi connectivity index (χ1) is 12.1. The highest BCUT2D eigenvalue weighted by Crippen LogP contribution is 2.19. The van der Waals surface area contributed by atoms with Crippen LogP contribution in [0.25, 0.3) is 0 Å². The molecule has 25 heavy (non-hydrogen) atoms. The van der Waals surface area contributed by atoms with Crippen LogP contribution in [0.2, 0.25) is 0 Å². The number of nitrogens with one attached hydrogen (secondary N) is 2. The predicted molar refractivity (Wildman–Crippen MR) is 102 cm³/mol. The molecule has 1 aromatic rings. The third-order valence-electron chi connectivity index (χ3n) is 5.26. The van der Waals surface area contributed by atoms with Crippen molar-refractivity contribution in [2.45, 2.75) is 52.4 Å². The zero-order chi connectivity index (χ0) is 17.6. The van der Waals surface area contributed by atoms with Crippen LogP contribution < -0.4 is 10.6 Å². The minimum absolute atomic E-state index is 0.136. The third-order valence-corrected chi connectivity index (χ3v) is 5.26. The number of anilines is 1. The van der Waals surface area contributed by atoms with Crippen LogP contribution in [0, 0.1) is 13.8 Å². The maximum absolute atomic E-state index is 12.7. The molecule has 3 rings (SSSR count). The number of urea groups is 1. The van der Waals surface area contributed by atoms with Crippen LogP contribution in [0.15, 0.2) is 18.2 Å². The average molecular weight is 343 g/mol. The number of amides is 2. The maximum atomic E-state index is 12.7. The van der Waals surface area contributed by atoms with Crippen molar-refractivity contribution in [3.63, 3.8) is 0 Å². The molecule has 0 atom stereocenters. The SMILES string of the molecule is Cc1cccc(C)c1NC(=O)NC(N1CCCCC1)=[N+]1CCCCC1. The second-order valence-corrected chi connectivity index (χ2v) is 7.26. The molecule has 2 heterocycles. The lowest BCUT2D eigenvalue weighted by Crippen LogP contribution is -2.53. The molecule has 0 aliphatic carbocycles. The summed E-state index contributed by atoms with van der Waals surface area (Å²) >= 11 is 0. The highest BCUT2D eigenvalue weighted by atomic mass is 16.2. The first kappa shape index (κ1) is 17.8. The van der Waals surface area contributed by atoms with Gasteiger partial charge in [-0.25, -0.2) is 4.79 Å². The zero-order valence-electron chi connectivity index (χ0n) is 15.6. The van der Waals surface area contributed by atoms with E-state index in [0.717, 1.165) is 49.0 Å². The second kappa shape index (κ2) is 8.37. The summed E-state index contributed by atoms with van der Waals surface area (Å²) in [4.78, 5) is 15.1. The monoisotopic (exact) mass is 343 g/mol. The Labute approximate surface area is 151 Å². The van der Waals surface area contributed by atoms with Gasteiger partial charge in [-0.15, -0.1) is 0 Å². The van der Waals surface area contributed by atoms with E-state index < -0.39 is 0 Å². The third kappa shape index (κ3) is 4.53. The van der Waals surface area contributed by atoms with Crippen molar-refractivity contribution in [1.82, 2.24) is 10.2 Å². The largest absolute Gasteiger partial charge is 0.384 e. The fourth-order valence-electron chi connectivity index (χ4n) is 3.83. The highest BCUT2D eigenvalue weighted by Gasteiger charge is 2.28.